The van der Waals surface area contributed by atoms with Gasteiger partial charge in [-0.15, -0.1) is 0 Å². The number of aliphatic hydroxyl groups is 1. The van der Waals surface area contributed by atoms with Crippen LogP contribution in [0.1, 0.15) is 31.4 Å². The molecule has 100 valence electrons. The Morgan fingerprint density at radius 2 is 2.11 bits per heavy atom. The van der Waals surface area contributed by atoms with Gasteiger partial charge in [0, 0.05) is 12.6 Å². The summed E-state index contributed by atoms with van der Waals surface area (Å²) in [4.78, 5) is 2.42. The Hall–Kier alpha value is -0.900. The number of rotatable bonds is 5. The molecule has 0 aromatic heterocycles. The zero-order valence-electron chi connectivity index (χ0n) is 11.1. The number of benzene rings is 1. The molecule has 18 heavy (non-hydrogen) atoms. The molecule has 1 aliphatic heterocycles. The van der Waals surface area contributed by atoms with Crippen molar-refractivity contribution in [2.45, 2.75) is 31.9 Å². The molecule has 0 aliphatic carbocycles. The van der Waals surface area contributed by atoms with Crippen molar-refractivity contribution in [3.05, 3.63) is 35.9 Å². The third kappa shape index (κ3) is 3.55. The van der Waals surface area contributed by atoms with Crippen molar-refractivity contribution in [1.29, 1.82) is 0 Å². The molecule has 1 aromatic rings. The lowest BCUT2D eigenvalue weighted by atomic mass is 10.0. The minimum Gasteiger partial charge on any atom is -0.393 e. The Kier molecular flexibility index (Phi) is 4.75. The van der Waals surface area contributed by atoms with Crippen LogP contribution < -0.4 is 5.73 Å². The lowest BCUT2D eigenvalue weighted by Gasteiger charge is -2.19. The van der Waals surface area contributed by atoms with Gasteiger partial charge in [0.25, 0.3) is 0 Å². The van der Waals surface area contributed by atoms with Crippen molar-refractivity contribution in [3.63, 3.8) is 0 Å². The number of likely N-dealkylation sites (tertiary alicyclic amines) is 1. The zero-order valence-corrected chi connectivity index (χ0v) is 11.1. The smallest absolute Gasteiger partial charge is 0.0552 e. The molecule has 1 aliphatic rings. The monoisotopic (exact) mass is 248 g/mol. The summed E-state index contributed by atoms with van der Waals surface area (Å²) in [7, 11) is 0. The standard InChI is InChI=1S/C15H24N2O/c1-12(18)14-7-9-17(11-14)10-8-15(16)13-5-3-2-4-6-13/h2-6,12,14-15,18H,7-11,16H2,1H3. The van der Waals surface area contributed by atoms with Gasteiger partial charge >= 0.3 is 0 Å². The average Bonchev–Trinajstić information content (AvgIpc) is 2.86. The maximum absolute atomic E-state index is 9.57. The Morgan fingerprint density at radius 1 is 1.39 bits per heavy atom. The molecule has 0 radical (unpaired) electrons. The van der Waals surface area contributed by atoms with Crippen LogP contribution in [0.3, 0.4) is 0 Å². The van der Waals surface area contributed by atoms with Crippen LogP contribution in [-0.2, 0) is 0 Å². The highest BCUT2D eigenvalue weighted by Crippen LogP contribution is 2.21. The molecule has 2 rings (SSSR count). The van der Waals surface area contributed by atoms with Crippen LogP contribution in [0.2, 0.25) is 0 Å². The second-order valence-corrected chi connectivity index (χ2v) is 5.40. The Balaban J connectivity index is 1.76. The summed E-state index contributed by atoms with van der Waals surface area (Å²) >= 11 is 0. The first kappa shape index (κ1) is 13.5. The second kappa shape index (κ2) is 6.32. The quantitative estimate of drug-likeness (QED) is 0.835. The molecule has 3 unspecified atom stereocenters. The molecule has 1 fully saturated rings. The number of hydrogen-bond donors (Lipinski definition) is 2. The Labute approximate surface area is 110 Å². The fraction of sp³-hybridized carbons (Fsp3) is 0.600. The Morgan fingerprint density at radius 3 is 2.72 bits per heavy atom. The van der Waals surface area contributed by atoms with E-state index in [-0.39, 0.29) is 12.1 Å². The van der Waals surface area contributed by atoms with E-state index in [0.717, 1.165) is 32.5 Å². The van der Waals surface area contributed by atoms with Gasteiger partial charge in [0.1, 0.15) is 0 Å². The first-order valence-corrected chi connectivity index (χ1v) is 6.88. The lowest BCUT2D eigenvalue weighted by Crippen LogP contribution is -2.27. The Bertz CT molecular complexity index is 353. The molecule has 3 nitrogen and oxygen atoms in total. The van der Waals surface area contributed by atoms with Crippen LogP contribution in [0.15, 0.2) is 30.3 Å². The van der Waals surface area contributed by atoms with Gasteiger partial charge in [-0.2, -0.15) is 0 Å². The van der Waals surface area contributed by atoms with Gasteiger partial charge in [0.05, 0.1) is 6.10 Å². The van der Waals surface area contributed by atoms with Gasteiger partial charge < -0.3 is 15.7 Å². The molecule has 3 atom stereocenters. The molecular weight excluding hydrogens is 224 g/mol. The van der Waals surface area contributed by atoms with Crippen LogP contribution in [0, 0.1) is 5.92 Å². The number of nitrogens with zero attached hydrogens (tertiary/aromatic N) is 1. The predicted molar refractivity (Wildman–Crippen MR) is 74.2 cm³/mol. The first-order chi connectivity index (χ1) is 8.66. The van der Waals surface area contributed by atoms with E-state index in [0.29, 0.717) is 5.92 Å². The number of aliphatic hydroxyl groups excluding tert-OH is 1. The average molecular weight is 248 g/mol. The van der Waals surface area contributed by atoms with Crippen molar-refractivity contribution in [2.24, 2.45) is 11.7 Å². The summed E-state index contributed by atoms with van der Waals surface area (Å²) in [5, 5.41) is 9.57. The van der Waals surface area contributed by atoms with E-state index in [1.54, 1.807) is 0 Å². The van der Waals surface area contributed by atoms with E-state index in [1.807, 2.05) is 25.1 Å². The fourth-order valence-corrected chi connectivity index (χ4v) is 2.65. The van der Waals surface area contributed by atoms with E-state index >= 15 is 0 Å². The van der Waals surface area contributed by atoms with Gasteiger partial charge in [-0.25, -0.2) is 0 Å². The second-order valence-electron chi connectivity index (χ2n) is 5.40. The third-order valence-corrected chi connectivity index (χ3v) is 3.98. The van der Waals surface area contributed by atoms with Crippen LogP contribution in [0.4, 0.5) is 0 Å². The van der Waals surface area contributed by atoms with E-state index in [1.165, 1.54) is 5.56 Å². The van der Waals surface area contributed by atoms with Crippen LogP contribution in [0.25, 0.3) is 0 Å². The van der Waals surface area contributed by atoms with Crippen molar-refractivity contribution < 1.29 is 5.11 Å². The van der Waals surface area contributed by atoms with Crippen LogP contribution in [-0.4, -0.2) is 35.7 Å². The van der Waals surface area contributed by atoms with Gasteiger partial charge in [-0.1, -0.05) is 30.3 Å². The summed E-state index contributed by atoms with van der Waals surface area (Å²) in [5.74, 6) is 0.443. The highest BCUT2D eigenvalue weighted by molar-refractivity contribution is 5.18. The molecule has 0 spiro atoms. The third-order valence-electron chi connectivity index (χ3n) is 3.98. The normalized spacial score (nSPS) is 24.1. The van der Waals surface area contributed by atoms with Crippen LogP contribution >= 0.6 is 0 Å². The number of hydrogen-bond acceptors (Lipinski definition) is 3. The van der Waals surface area contributed by atoms with Gasteiger partial charge in [0.2, 0.25) is 0 Å². The minimum absolute atomic E-state index is 0.122. The highest BCUT2D eigenvalue weighted by atomic mass is 16.3. The minimum atomic E-state index is -0.183. The lowest BCUT2D eigenvalue weighted by molar-refractivity contribution is 0.127. The molecule has 3 N–H and O–H groups in total. The maximum Gasteiger partial charge on any atom is 0.0552 e. The molecule has 1 heterocycles. The van der Waals surface area contributed by atoms with Crippen LogP contribution in [0.5, 0.6) is 0 Å². The van der Waals surface area contributed by atoms with E-state index in [9.17, 15) is 5.11 Å². The molecule has 0 amide bonds. The summed E-state index contributed by atoms with van der Waals surface area (Å²) in [6, 6.07) is 10.4. The zero-order chi connectivity index (χ0) is 13.0. The van der Waals surface area contributed by atoms with Gasteiger partial charge in [-0.3, -0.25) is 0 Å². The molecule has 1 saturated heterocycles. The summed E-state index contributed by atoms with van der Waals surface area (Å²) in [6.45, 7) is 5.03. The molecule has 3 heteroatoms. The van der Waals surface area contributed by atoms with Gasteiger partial charge in [0.15, 0.2) is 0 Å². The summed E-state index contributed by atoms with van der Waals surface area (Å²) in [5.41, 5.74) is 7.40. The SMILES string of the molecule is CC(O)C1CCN(CCC(N)c2ccccc2)C1. The number of nitrogens with two attached hydrogens (primary N) is 1. The van der Waals surface area contributed by atoms with Crippen molar-refractivity contribution >= 4 is 0 Å². The summed E-state index contributed by atoms with van der Waals surface area (Å²) in [6.07, 6.45) is 1.91. The van der Waals surface area contributed by atoms with Crippen molar-refractivity contribution in [3.8, 4) is 0 Å². The highest BCUT2D eigenvalue weighted by Gasteiger charge is 2.25. The largest absolute Gasteiger partial charge is 0.393 e. The van der Waals surface area contributed by atoms with E-state index < -0.39 is 0 Å². The van der Waals surface area contributed by atoms with Crippen molar-refractivity contribution in [2.75, 3.05) is 19.6 Å². The van der Waals surface area contributed by atoms with Crippen molar-refractivity contribution in [1.82, 2.24) is 4.90 Å². The van der Waals surface area contributed by atoms with Gasteiger partial charge in [-0.05, 0) is 44.3 Å². The topological polar surface area (TPSA) is 49.5 Å². The molecule has 1 aromatic carbocycles. The molecular formula is C15H24N2O. The molecule has 0 saturated carbocycles. The van der Waals surface area contributed by atoms with E-state index in [4.69, 9.17) is 5.73 Å². The first-order valence-electron chi connectivity index (χ1n) is 6.88. The van der Waals surface area contributed by atoms with E-state index in [2.05, 4.69) is 17.0 Å². The summed E-state index contributed by atoms with van der Waals surface area (Å²) < 4.78 is 0. The molecule has 0 bridgehead atoms. The predicted octanol–water partition coefficient (Wildman–Crippen LogP) is 1.78. The fourth-order valence-electron chi connectivity index (χ4n) is 2.65. The maximum atomic E-state index is 9.57.